The van der Waals surface area contributed by atoms with Gasteiger partial charge in [0, 0.05) is 23.4 Å². The lowest BCUT2D eigenvalue weighted by Gasteiger charge is -2.25. The van der Waals surface area contributed by atoms with Gasteiger partial charge in [0.1, 0.15) is 0 Å². The Morgan fingerprint density at radius 2 is 1.52 bits per heavy atom. The lowest BCUT2D eigenvalue weighted by molar-refractivity contribution is 0.700. The molecule has 0 unspecified atom stereocenters. The molecule has 0 saturated heterocycles. The van der Waals surface area contributed by atoms with E-state index in [2.05, 4.69) is 98.3 Å². The number of rotatable bonds is 3. The molecule has 0 aliphatic heterocycles. The molecule has 0 amide bonds. The molecular formula is C29H26N2. The molecule has 2 aromatic heterocycles. The van der Waals surface area contributed by atoms with Crippen molar-refractivity contribution in [2.24, 2.45) is 0 Å². The van der Waals surface area contributed by atoms with Crippen LogP contribution in [0.5, 0.6) is 0 Å². The zero-order valence-electron chi connectivity index (χ0n) is 18.5. The van der Waals surface area contributed by atoms with Crippen LogP contribution in [-0.2, 0) is 5.41 Å². The summed E-state index contributed by atoms with van der Waals surface area (Å²) in [5.74, 6) is 0. The van der Waals surface area contributed by atoms with Crippen molar-refractivity contribution >= 4 is 11.6 Å². The van der Waals surface area contributed by atoms with Gasteiger partial charge in [0.25, 0.3) is 0 Å². The summed E-state index contributed by atoms with van der Waals surface area (Å²) >= 11 is 0. The highest BCUT2D eigenvalue weighted by Crippen LogP contribution is 2.48. The first-order valence-corrected chi connectivity index (χ1v) is 10.8. The number of benzene rings is 2. The Labute approximate surface area is 184 Å². The molecule has 2 heterocycles. The average Bonchev–Trinajstić information content (AvgIpc) is 3.06. The number of nitrogens with zero attached hydrogens (tertiary/aromatic N) is 2. The molecular weight excluding hydrogens is 376 g/mol. The van der Waals surface area contributed by atoms with Crippen LogP contribution in [0.2, 0.25) is 0 Å². The van der Waals surface area contributed by atoms with Crippen molar-refractivity contribution < 1.29 is 0 Å². The minimum atomic E-state index is -0.0691. The van der Waals surface area contributed by atoms with E-state index in [0.717, 1.165) is 17.0 Å². The topological polar surface area (TPSA) is 25.8 Å². The summed E-state index contributed by atoms with van der Waals surface area (Å²) < 4.78 is 0. The molecule has 152 valence electrons. The zero-order chi connectivity index (χ0) is 21.6. The maximum atomic E-state index is 4.63. The third-order valence-electron chi connectivity index (χ3n) is 6.48. The van der Waals surface area contributed by atoms with Crippen molar-refractivity contribution in [3.05, 3.63) is 107 Å². The molecule has 0 spiro atoms. The first-order valence-electron chi connectivity index (χ1n) is 10.8. The molecule has 0 atom stereocenters. The van der Waals surface area contributed by atoms with Crippen LogP contribution in [0, 0.1) is 13.8 Å². The summed E-state index contributed by atoms with van der Waals surface area (Å²) in [5.41, 5.74) is 12.1. The van der Waals surface area contributed by atoms with Gasteiger partial charge < -0.3 is 0 Å². The van der Waals surface area contributed by atoms with Gasteiger partial charge in [0.05, 0.1) is 11.4 Å². The smallest absolute Gasteiger partial charge is 0.0704 e. The second-order valence-corrected chi connectivity index (χ2v) is 8.90. The van der Waals surface area contributed by atoms with Gasteiger partial charge >= 0.3 is 0 Å². The molecule has 2 nitrogen and oxygen atoms in total. The first-order chi connectivity index (χ1) is 14.9. The molecule has 0 N–H and O–H groups in total. The van der Waals surface area contributed by atoms with Crippen molar-refractivity contribution in [2.75, 3.05) is 0 Å². The molecule has 5 rings (SSSR count). The maximum Gasteiger partial charge on any atom is 0.0704 e. The Hall–Kier alpha value is -3.52. The number of pyridine rings is 2. The fourth-order valence-corrected chi connectivity index (χ4v) is 4.70. The summed E-state index contributed by atoms with van der Waals surface area (Å²) in [6, 6.07) is 23.6. The summed E-state index contributed by atoms with van der Waals surface area (Å²) in [5, 5.41) is 0. The van der Waals surface area contributed by atoms with E-state index in [0.29, 0.717) is 0 Å². The highest BCUT2D eigenvalue weighted by molar-refractivity contribution is 5.95. The Morgan fingerprint density at radius 1 is 0.710 bits per heavy atom. The molecule has 0 bridgehead atoms. The van der Waals surface area contributed by atoms with Crippen LogP contribution < -0.4 is 0 Å². The molecule has 1 aliphatic rings. The van der Waals surface area contributed by atoms with E-state index >= 15 is 0 Å². The SMILES string of the molecule is Cc1ccnc(-c2cccc(-c3ccc4c(c3C)C=C(c3ccccn3)C4(C)C)c2)c1. The van der Waals surface area contributed by atoms with E-state index in [4.69, 9.17) is 0 Å². The molecule has 0 radical (unpaired) electrons. The fourth-order valence-electron chi connectivity index (χ4n) is 4.70. The molecule has 0 fully saturated rings. The lowest BCUT2D eigenvalue weighted by atomic mass is 9.79. The predicted molar refractivity (Wildman–Crippen MR) is 130 cm³/mol. The van der Waals surface area contributed by atoms with E-state index in [1.807, 2.05) is 24.5 Å². The van der Waals surface area contributed by atoms with Crippen molar-refractivity contribution in [3.63, 3.8) is 0 Å². The molecule has 0 saturated carbocycles. The van der Waals surface area contributed by atoms with Crippen molar-refractivity contribution in [3.8, 4) is 22.4 Å². The number of hydrogen-bond donors (Lipinski definition) is 0. The van der Waals surface area contributed by atoms with Crippen LogP contribution in [-0.4, -0.2) is 9.97 Å². The number of aromatic nitrogens is 2. The van der Waals surface area contributed by atoms with Gasteiger partial charge in [-0.15, -0.1) is 0 Å². The Balaban J connectivity index is 1.62. The van der Waals surface area contributed by atoms with Gasteiger partial charge in [0.15, 0.2) is 0 Å². The van der Waals surface area contributed by atoms with Crippen molar-refractivity contribution in [2.45, 2.75) is 33.1 Å². The largest absolute Gasteiger partial charge is 0.257 e. The van der Waals surface area contributed by atoms with E-state index in [1.165, 1.54) is 39.0 Å². The lowest BCUT2D eigenvalue weighted by Crippen LogP contribution is -2.17. The van der Waals surface area contributed by atoms with Crippen LogP contribution in [0.15, 0.2) is 79.1 Å². The second-order valence-electron chi connectivity index (χ2n) is 8.90. The van der Waals surface area contributed by atoms with E-state index < -0.39 is 0 Å². The average molecular weight is 403 g/mol. The Morgan fingerprint density at radius 3 is 2.29 bits per heavy atom. The Kier molecular flexibility index (Phi) is 4.59. The quantitative estimate of drug-likeness (QED) is 0.360. The van der Waals surface area contributed by atoms with E-state index in [-0.39, 0.29) is 5.41 Å². The number of allylic oxidation sites excluding steroid dienone is 1. The van der Waals surface area contributed by atoms with Crippen LogP contribution >= 0.6 is 0 Å². The van der Waals surface area contributed by atoms with E-state index in [1.54, 1.807) is 0 Å². The van der Waals surface area contributed by atoms with Crippen LogP contribution in [0.3, 0.4) is 0 Å². The molecule has 4 aromatic rings. The minimum Gasteiger partial charge on any atom is -0.257 e. The molecule has 31 heavy (non-hydrogen) atoms. The fraction of sp³-hybridized carbons (Fsp3) is 0.172. The van der Waals surface area contributed by atoms with Gasteiger partial charge in [0.2, 0.25) is 0 Å². The first kappa shape index (κ1) is 19.4. The Bertz CT molecular complexity index is 1310. The van der Waals surface area contributed by atoms with Gasteiger partial charge in [-0.2, -0.15) is 0 Å². The predicted octanol–water partition coefficient (Wildman–Crippen LogP) is 7.26. The van der Waals surface area contributed by atoms with Gasteiger partial charge in [-0.05, 0) is 89.2 Å². The maximum absolute atomic E-state index is 4.63. The standard InChI is InChI=1S/C29H26N2/c1-19-13-15-31-28(16-19)22-9-7-8-21(17-22)23-11-12-25-24(20(23)2)18-26(29(25,3)4)27-10-5-6-14-30-27/h5-18H,1-4H3. The third kappa shape index (κ3) is 3.29. The summed E-state index contributed by atoms with van der Waals surface area (Å²) in [6.07, 6.45) is 6.09. The van der Waals surface area contributed by atoms with Crippen molar-refractivity contribution in [1.29, 1.82) is 0 Å². The monoisotopic (exact) mass is 402 g/mol. The normalized spacial score (nSPS) is 14.3. The van der Waals surface area contributed by atoms with Crippen LogP contribution in [0.25, 0.3) is 34.0 Å². The molecule has 2 heteroatoms. The highest BCUT2D eigenvalue weighted by Gasteiger charge is 2.35. The van der Waals surface area contributed by atoms with Crippen molar-refractivity contribution in [1.82, 2.24) is 9.97 Å². The van der Waals surface area contributed by atoms with Gasteiger partial charge in [-0.25, -0.2) is 0 Å². The number of aryl methyl sites for hydroxylation is 1. The van der Waals surface area contributed by atoms with E-state index in [9.17, 15) is 0 Å². The van der Waals surface area contributed by atoms with Crippen LogP contribution in [0.1, 0.15) is 41.8 Å². The third-order valence-corrected chi connectivity index (χ3v) is 6.48. The number of fused-ring (bicyclic) bond motifs is 1. The summed E-state index contributed by atoms with van der Waals surface area (Å²) in [7, 11) is 0. The molecule has 2 aromatic carbocycles. The van der Waals surface area contributed by atoms with Gasteiger partial charge in [-0.3, -0.25) is 9.97 Å². The minimum absolute atomic E-state index is 0.0691. The number of hydrogen-bond acceptors (Lipinski definition) is 2. The van der Waals surface area contributed by atoms with Crippen LogP contribution in [0.4, 0.5) is 0 Å². The highest BCUT2D eigenvalue weighted by atomic mass is 14.7. The summed E-state index contributed by atoms with van der Waals surface area (Å²) in [6.45, 7) is 8.93. The summed E-state index contributed by atoms with van der Waals surface area (Å²) in [4.78, 5) is 9.20. The molecule has 1 aliphatic carbocycles. The van der Waals surface area contributed by atoms with Gasteiger partial charge in [-0.1, -0.05) is 50.2 Å². The zero-order valence-corrected chi connectivity index (χ0v) is 18.5. The second kappa shape index (κ2) is 7.31.